The van der Waals surface area contributed by atoms with Crippen LogP contribution in [0.2, 0.25) is 0 Å². The van der Waals surface area contributed by atoms with E-state index in [0.29, 0.717) is 23.9 Å². The fourth-order valence-corrected chi connectivity index (χ4v) is 3.95. The Balaban J connectivity index is 1.55. The first-order valence-corrected chi connectivity index (χ1v) is 10.9. The van der Waals surface area contributed by atoms with E-state index in [0.717, 1.165) is 33.8 Å². The standard InChI is InChI=1S/C27H28N2O3/c1-30-26-14-22(15-27(31-2)25(26)17-29-21-11-7-12-21)32-18-20-10-6-13-23(24(20)16-28)19-8-4-3-5-9-19/h3-6,8-10,13-15,21,29H,7,11-12,17-18H2,1-2H3. The zero-order valence-electron chi connectivity index (χ0n) is 18.6. The summed E-state index contributed by atoms with van der Waals surface area (Å²) in [5.74, 6) is 2.09. The minimum atomic E-state index is 0.273. The van der Waals surface area contributed by atoms with Gasteiger partial charge in [0.05, 0.1) is 25.3 Å². The predicted octanol–water partition coefficient (Wildman–Crippen LogP) is 5.46. The van der Waals surface area contributed by atoms with E-state index in [1.807, 2.05) is 60.7 Å². The Morgan fingerprint density at radius 2 is 1.69 bits per heavy atom. The molecular formula is C27H28N2O3. The molecule has 3 aromatic carbocycles. The zero-order valence-corrected chi connectivity index (χ0v) is 18.6. The molecule has 1 aliphatic rings. The molecule has 1 fully saturated rings. The van der Waals surface area contributed by atoms with Crippen molar-refractivity contribution in [3.8, 4) is 34.4 Å². The molecule has 5 heteroatoms. The lowest BCUT2D eigenvalue weighted by molar-refractivity contribution is 0.297. The minimum Gasteiger partial charge on any atom is -0.496 e. The third-order valence-electron chi connectivity index (χ3n) is 6.00. The van der Waals surface area contributed by atoms with Crippen molar-refractivity contribution in [3.63, 3.8) is 0 Å². The first-order valence-electron chi connectivity index (χ1n) is 10.9. The summed E-state index contributed by atoms with van der Waals surface area (Å²) < 4.78 is 17.4. The van der Waals surface area contributed by atoms with Crippen molar-refractivity contribution < 1.29 is 14.2 Å². The Morgan fingerprint density at radius 3 is 2.28 bits per heavy atom. The highest BCUT2D eigenvalue weighted by atomic mass is 16.5. The van der Waals surface area contributed by atoms with Crippen LogP contribution in [0.25, 0.3) is 11.1 Å². The monoisotopic (exact) mass is 428 g/mol. The van der Waals surface area contributed by atoms with Crippen LogP contribution in [-0.2, 0) is 13.2 Å². The van der Waals surface area contributed by atoms with Gasteiger partial charge in [0.15, 0.2) is 0 Å². The van der Waals surface area contributed by atoms with Crippen LogP contribution in [0, 0.1) is 11.3 Å². The van der Waals surface area contributed by atoms with E-state index < -0.39 is 0 Å². The average Bonchev–Trinajstić information content (AvgIpc) is 2.82. The second-order valence-corrected chi connectivity index (χ2v) is 7.92. The van der Waals surface area contributed by atoms with E-state index in [9.17, 15) is 5.26 Å². The SMILES string of the molecule is COc1cc(OCc2cccc(-c3ccccc3)c2C#N)cc(OC)c1CNC1CCC1. The van der Waals surface area contributed by atoms with E-state index in [2.05, 4.69) is 11.4 Å². The number of ether oxygens (including phenoxy) is 3. The molecule has 0 spiro atoms. The number of nitrogens with one attached hydrogen (secondary N) is 1. The van der Waals surface area contributed by atoms with Gasteiger partial charge in [-0.25, -0.2) is 0 Å². The number of nitrogens with zero attached hydrogens (tertiary/aromatic N) is 1. The topological polar surface area (TPSA) is 63.5 Å². The van der Waals surface area contributed by atoms with Gasteiger partial charge in [0.1, 0.15) is 29.9 Å². The molecule has 5 nitrogen and oxygen atoms in total. The van der Waals surface area contributed by atoms with Gasteiger partial charge in [0.25, 0.3) is 0 Å². The van der Waals surface area contributed by atoms with Gasteiger partial charge >= 0.3 is 0 Å². The molecule has 0 bridgehead atoms. The summed E-state index contributed by atoms with van der Waals surface area (Å²) in [6, 6.07) is 22.5. The van der Waals surface area contributed by atoms with Crippen LogP contribution in [0.15, 0.2) is 60.7 Å². The smallest absolute Gasteiger partial charge is 0.130 e. The quantitative estimate of drug-likeness (QED) is 0.490. The molecule has 1 aliphatic carbocycles. The molecule has 1 saturated carbocycles. The summed E-state index contributed by atoms with van der Waals surface area (Å²) in [6.45, 7) is 0.963. The Bertz CT molecular complexity index is 1080. The fourth-order valence-electron chi connectivity index (χ4n) is 3.95. The molecule has 0 atom stereocenters. The first kappa shape index (κ1) is 21.7. The van der Waals surface area contributed by atoms with E-state index in [1.165, 1.54) is 19.3 Å². The molecule has 0 heterocycles. The van der Waals surface area contributed by atoms with Gasteiger partial charge < -0.3 is 19.5 Å². The molecule has 0 amide bonds. The molecule has 0 unspecified atom stereocenters. The van der Waals surface area contributed by atoms with Crippen LogP contribution in [-0.4, -0.2) is 20.3 Å². The van der Waals surface area contributed by atoms with Crippen LogP contribution >= 0.6 is 0 Å². The highest BCUT2D eigenvalue weighted by Gasteiger charge is 2.20. The van der Waals surface area contributed by atoms with Crippen molar-refractivity contribution in [3.05, 3.63) is 77.4 Å². The summed E-state index contributed by atoms with van der Waals surface area (Å²) in [4.78, 5) is 0. The van der Waals surface area contributed by atoms with E-state index in [-0.39, 0.29) is 6.61 Å². The van der Waals surface area contributed by atoms with Crippen LogP contribution in [0.4, 0.5) is 0 Å². The molecule has 3 aromatic rings. The van der Waals surface area contributed by atoms with Crippen molar-refractivity contribution in [1.82, 2.24) is 5.32 Å². The van der Waals surface area contributed by atoms with Crippen molar-refractivity contribution in [1.29, 1.82) is 5.26 Å². The third kappa shape index (κ3) is 4.71. The molecule has 1 N–H and O–H groups in total. The number of nitriles is 1. The van der Waals surface area contributed by atoms with Gasteiger partial charge in [0, 0.05) is 30.3 Å². The van der Waals surface area contributed by atoms with Gasteiger partial charge in [-0.1, -0.05) is 55.0 Å². The highest BCUT2D eigenvalue weighted by Crippen LogP contribution is 2.35. The summed E-state index contributed by atoms with van der Waals surface area (Å²) in [7, 11) is 3.31. The number of rotatable bonds is 9. The lowest BCUT2D eigenvalue weighted by atomic mass is 9.93. The summed E-state index contributed by atoms with van der Waals surface area (Å²) in [5, 5.41) is 13.4. The van der Waals surface area contributed by atoms with Gasteiger partial charge in [0.2, 0.25) is 0 Å². The van der Waals surface area contributed by atoms with Crippen molar-refractivity contribution in [2.45, 2.75) is 38.5 Å². The van der Waals surface area contributed by atoms with Gasteiger partial charge in [-0.3, -0.25) is 0 Å². The zero-order chi connectivity index (χ0) is 22.3. The number of methoxy groups -OCH3 is 2. The Morgan fingerprint density at radius 1 is 0.969 bits per heavy atom. The van der Waals surface area contributed by atoms with Gasteiger partial charge in [-0.2, -0.15) is 5.26 Å². The second-order valence-electron chi connectivity index (χ2n) is 7.92. The molecule has 0 saturated heterocycles. The molecule has 164 valence electrons. The number of hydrogen-bond acceptors (Lipinski definition) is 5. The number of benzene rings is 3. The maximum absolute atomic E-state index is 9.83. The predicted molar refractivity (Wildman–Crippen MR) is 125 cm³/mol. The Kier molecular flexibility index (Phi) is 6.94. The number of hydrogen-bond donors (Lipinski definition) is 1. The lowest BCUT2D eigenvalue weighted by Crippen LogP contribution is -2.34. The molecule has 0 aliphatic heterocycles. The highest BCUT2D eigenvalue weighted by molar-refractivity contribution is 5.72. The Hall–Kier alpha value is -3.49. The van der Waals surface area contributed by atoms with Gasteiger partial charge in [-0.05, 0) is 24.0 Å². The molecular weight excluding hydrogens is 400 g/mol. The normalized spacial score (nSPS) is 13.2. The lowest BCUT2D eigenvalue weighted by Gasteiger charge is -2.27. The summed E-state index contributed by atoms with van der Waals surface area (Å²) in [6.07, 6.45) is 3.72. The summed E-state index contributed by atoms with van der Waals surface area (Å²) >= 11 is 0. The van der Waals surface area contributed by atoms with Crippen LogP contribution < -0.4 is 19.5 Å². The third-order valence-corrected chi connectivity index (χ3v) is 6.00. The van der Waals surface area contributed by atoms with Crippen LogP contribution in [0.3, 0.4) is 0 Å². The minimum absolute atomic E-state index is 0.273. The van der Waals surface area contributed by atoms with Crippen LogP contribution in [0.5, 0.6) is 17.2 Å². The van der Waals surface area contributed by atoms with Crippen molar-refractivity contribution in [2.24, 2.45) is 0 Å². The van der Waals surface area contributed by atoms with E-state index in [4.69, 9.17) is 14.2 Å². The average molecular weight is 429 g/mol. The van der Waals surface area contributed by atoms with Gasteiger partial charge in [-0.15, -0.1) is 0 Å². The molecule has 4 rings (SSSR count). The van der Waals surface area contributed by atoms with Crippen molar-refractivity contribution >= 4 is 0 Å². The molecule has 32 heavy (non-hydrogen) atoms. The molecule has 0 radical (unpaired) electrons. The largest absolute Gasteiger partial charge is 0.496 e. The van der Waals surface area contributed by atoms with Crippen molar-refractivity contribution in [2.75, 3.05) is 14.2 Å². The van der Waals surface area contributed by atoms with Crippen LogP contribution in [0.1, 0.15) is 36.0 Å². The van der Waals surface area contributed by atoms with E-state index in [1.54, 1.807) is 14.2 Å². The Labute approximate surface area is 189 Å². The maximum Gasteiger partial charge on any atom is 0.130 e. The second kappa shape index (κ2) is 10.2. The first-order chi connectivity index (χ1) is 15.7. The fraction of sp³-hybridized carbons (Fsp3) is 0.296. The molecule has 0 aromatic heterocycles. The maximum atomic E-state index is 9.83. The summed E-state index contributed by atoms with van der Waals surface area (Å²) in [5.41, 5.74) is 4.36. The van der Waals surface area contributed by atoms with E-state index >= 15 is 0 Å².